The topological polar surface area (TPSA) is 137 Å². The van der Waals surface area contributed by atoms with Crippen molar-refractivity contribution >= 4 is 17.4 Å². The quantitative estimate of drug-likeness (QED) is 0.394. The molecular formula is C19H16N8O2. The van der Waals surface area contributed by atoms with E-state index in [1.807, 2.05) is 60.7 Å². The van der Waals surface area contributed by atoms with Gasteiger partial charge in [0.2, 0.25) is 11.6 Å². The Morgan fingerprint density at radius 2 is 1.76 bits per heavy atom. The molecule has 0 saturated carbocycles. The Balaban J connectivity index is 1.74. The fraction of sp³-hybridized carbons (Fsp3) is 0.0526. The van der Waals surface area contributed by atoms with E-state index in [9.17, 15) is 4.79 Å². The normalized spacial score (nSPS) is 11.4. The van der Waals surface area contributed by atoms with E-state index >= 15 is 0 Å². The van der Waals surface area contributed by atoms with Gasteiger partial charge in [-0.3, -0.25) is 4.79 Å². The summed E-state index contributed by atoms with van der Waals surface area (Å²) >= 11 is 0. The molecule has 0 aliphatic carbocycles. The Morgan fingerprint density at radius 1 is 1.07 bits per heavy atom. The summed E-state index contributed by atoms with van der Waals surface area (Å²) in [5.41, 5.74) is 11.0. The maximum Gasteiger partial charge on any atom is 0.292 e. The number of nitrogen functional groups attached to an aromatic ring is 1. The van der Waals surface area contributed by atoms with E-state index in [0.717, 1.165) is 5.56 Å². The molecule has 0 spiro atoms. The molecule has 0 bridgehead atoms. The number of carbonyl (C=O) groups excluding carboxylic acids is 1. The monoisotopic (exact) mass is 388 g/mol. The van der Waals surface area contributed by atoms with Crippen LogP contribution < -0.4 is 11.2 Å². The van der Waals surface area contributed by atoms with Gasteiger partial charge in [-0.25, -0.2) is 10.1 Å². The molecule has 2 heterocycles. The number of aromatic nitrogens is 5. The highest BCUT2D eigenvalue weighted by molar-refractivity contribution is 6.02. The van der Waals surface area contributed by atoms with Crippen LogP contribution in [0.2, 0.25) is 0 Å². The lowest BCUT2D eigenvalue weighted by molar-refractivity contribution is 0.0947. The van der Waals surface area contributed by atoms with Crippen molar-refractivity contribution in [2.24, 2.45) is 5.10 Å². The maximum absolute atomic E-state index is 13.0. The first kappa shape index (κ1) is 18.0. The van der Waals surface area contributed by atoms with Crippen LogP contribution in [0.3, 0.4) is 0 Å². The predicted octanol–water partition coefficient (Wildman–Crippen LogP) is 2.05. The Hall–Kier alpha value is -4.34. The Morgan fingerprint density at radius 3 is 2.41 bits per heavy atom. The van der Waals surface area contributed by atoms with Crippen LogP contribution in [0.4, 0.5) is 5.82 Å². The number of rotatable bonds is 5. The highest BCUT2D eigenvalue weighted by Crippen LogP contribution is 2.24. The minimum atomic E-state index is -0.536. The molecule has 3 N–H and O–H groups in total. The van der Waals surface area contributed by atoms with Crippen molar-refractivity contribution in [2.45, 2.75) is 6.92 Å². The van der Waals surface area contributed by atoms with Crippen LogP contribution in [0.15, 0.2) is 70.4 Å². The summed E-state index contributed by atoms with van der Waals surface area (Å²) in [6.07, 6.45) is 0. The minimum absolute atomic E-state index is 0.0208. The second-order valence-electron chi connectivity index (χ2n) is 6.04. The van der Waals surface area contributed by atoms with Gasteiger partial charge in [0.05, 0.1) is 5.71 Å². The fourth-order valence-corrected chi connectivity index (χ4v) is 2.69. The predicted molar refractivity (Wildman–Crippen MR) is 105 cm³/mol. The molecule has 0 unspecified atom stereocenters. The van der Waals surface area contributed by atoms with E-state index < -0.39 is 5.91 Å². The largest absolute Gasteiger partial charge is 0.378 e. The van der Waals surface area contributed by atoms with Gasteiger partial charge in [-0.1, -0.05) is 65.9 Å². The van der Waals surface area contributed by atoms with Gasteiger partial charge < -0.3 is 5.73 Å². The number of hydrogen-bond acceptors (Lipinski definition) is 8. The number of amides is 1. The molecular weight excluding hydrogens is 372 g/mol. The fourth-order valence-electron chi connectivity index (χ4n) is 2.69. The Kier molecular flexibility index (Phi) is 4.81. The summed E-state index contributed by atoms with van der Waals surface area (Å²) in [5, 5.41) is 19.6. The Labute approximate surface area is 165 Å². The van der Waals surface area contributed by atoms with Crippen LogP contribution in [0.5, 0.6) is 0 Å². The van der Waals surface area contributed by atoms with E-state index in [1.165, 1.54) is 4.68 Å². The van der Waals surface area contributed by atoms with Gasteiger partial charge in [-0.2, -0.15) is 9.78 Å². The van der Waals surface area contributed by atoms with Crippen LogP contribution >= 0.6 is 0 Å². The zero-order valence-corrected chi connectivity index (χ0v) is 15.4. The van der Waals surface area contributed by atoms with E-state index in [4.69, 9.17) is 5.73 Å². The standard InChI is InChI=1S/C19H16N8O2/c1-12(13-8-4-2-5-9-13)21-23-19(28)16-15(14-10-6-3-7-11-14)22-26-27(16)18-17(20)24-29-25-18/h2-11H,1H3,(H2,20,24)(H,23,28). The van der Waals surface area contributed by atoms with Gasteiger partial charge in [-0.05, 0) is 22.8 Å². The van der Waals surface area contributed by atoms with Crippen LogP contribution in [-0.4, -0.2) is 36.9 Å². The molecule has 2 aromatic heterocycles. The SMILES string of the molecule is CC(=NNC(=O)c1c(-c2ccccc2)nnn1-c1nonc1N)c1ccccc1. The van der Waals surface area contributed by atoms with Gasteiger partial charge in [0.25, 0.3) is 5.91 Å². The number of nitrogens with one attached hydrogen (secondary N) is 1. The average molecular weight is 388 g/mol. The highest BCUT2D eigenvalue weighted by Gasteiger charge is 2.25. The summed E-state index contributed by atoms with van der Waals surface area (Å²) < 4.78 is 5.81. The first-order valence-electron chi connectivity index (χ1n) is 8.64. The van der Waals surface area contributed by atoms with Crippen molar-refractivity contribution in [2.75, 3.05) is 5.73 Å². The molecule has 1 amide bonds. The van der Waals surface area contributed by atoms with E-state index in [2.05, 4.69) is 35.8 Å². The van der Waals surface area contributed by atoms with E-state index in [0.29, 0.717) is 17.0 Å². The van der Waals surface area contributed by atoms with Crippen LogP contribution in [0, 0.1) is 0 Å². The van der Waals surface area contributed by atoms with Crippen molar-refractivity contribution < 1.29 is 9.42 Å². The number of benzene rings is 2. The second-order valence-corrected chi connectivity index (χ2v) is 6.04. The van der Waals surface area contributed by atoms with Crippen molar-refractivity contribution in [1.29, 1.82) is 0 Å². The maximum atomic E-state index is 13.0. The van der Waals surface area contributed by atoms with Crippen molar-refractivity contribution in [3.8, 4) is 17.1 Å². The molecule has 0 aliphatic heterocycles. The summed E-state index contributed by atoms with van der Waals surface area (Å²) in [7, 11) is 0. The molecule has 29 heavy (non-hydrogen) atoms. The lowest BCUT2D eigenvalue weighted by atomic mass is 10.1. The summed E-state index contributed by atoms with van der Waals surface area (Å²) in [6, 6.07) is 18.6. The third kappa shape index (κ3) is 3.58. The van der Waals surface area contributed by atoms with Gasteiger partial charge in [-0.15, -0.1) is 5.10 Å². The zero-order chi connectivity index (χ0) is 20.2. The average Bonchev–Trinajstić information content (AvgIpc) is 3.39. The van der Waals surface area contributed by atoms with Crippen molar-refractivity contribution in [1.82, 2.24) is 30.7 Å². The molecule has 0 saturated heterocycles. The van der Waals surface area contributed by atoms with Gasteiger partial charge in [0.1, 0.15) is 5.69 Å². The molecule has 0 aliphatic rings. The van der Waals surface area contributed by atoms with Crippen LogP contribution in [0.1, 0.15) is 23.0 Å². The number of nitrogens with zero attached hydrogens (tertiary/aromatic N) is 6. The molecule has 4 aromatic rings. The van der Waals surface area contributed by atoms with Gasteiger partial charge >= 0.3 is 0 Å². The van der Waals surface area contributed by atoms with E-state index in [-0.39, 0.29) is 17.3 Å². The van der Waals surface area contributed by atoms with E-state index in [1.54, 1.807) is 6.92 Å². The number of hydrazone groups is 1. The molecule has 0 radical (unpaired) electrons. The van der Waals surface area contributed by atoms with Crippen LogP contribution in [-0.2, 0) is 0 Å². The first-order chi connectivity index (χ1) is 14.1. The highest BCUT2D eigenvalue weighted by atomic mass is 16.6. The minimum Gasteiger partial charge on any atom is -0.378 e. The molecule has 0 atom stereocenters. The summed E-state index contributed by atoms with van der Waals surface area (Å²) in [5.74, 6) is -0.493. The number of hydrogen-bond donors (Lipinski definition) is 2. The Bertz CT molecular complexity index is 1170. The lowest BCUT2D eigenvalue weighted by Gasteiger charge is -2.06. The molecule has 10 nitrogen and oxygen atoms in total. The second kappa shape index (κ2) is 7.72. The van der Waals surface area contributed by atoms with Gasteiger partial charge in [0, 0.05) is 5.56 Å². The molecule has 10 heteroatoms. The number of nitrogens with two attached hydrogens (primary N) is 1. The number of anilines is 1. The molecule has 144 valence electrons. The molecule has 0 fully saturated rings. The van der Waals surface area contributed by atoms with Crippen LogP contribution in [0.25, 0.3) is 17.1 Å². The van der Waals surface area contributed by atoms with Crippen molar-refractivity contribution in [3.05, 3.63) is 71.9 Å². The van der Waals surface area contributed by atoms with Crippen molar-refractivity contribution in [3.63, 3.8) is 0 Å². The summed E-state index contributed by atoms with van der Waals surface area (Å²) in [6.45, 7) is 1.79. The molecule has 2 aromatic carbocycles. The third-order valence-corrected chi connectivity index (χ3v) is 4.15. The number of carbonyl (C=O) groups is 1. The zero-order valence-electron chi connectivity index (χ0n) is 15.4. The smallest absolute Gasteiger partial charge is 0.292 e. The lowest BCUT2D eigenvalue weighted by Crippen LogP contribution is -2.23. The van der Waals surface area contributed by atoms with Gasteiger partial charge in [0.15, 0.2) is 5.69 Å². The third-order valence-electron chi connectivity index (χ3n) is 4.15. The first-order valence-corrected chi connectivity index (χ1v) is 8.64. The molecule has 4 rings (SSSR count). The summed E-state index contributed by atoms with van der Waals surface area (Å²) in [4.78, 5) is 13.0.